The molecule has 2 aromatic heterocycles. The summed E-state index contributed by atoms with van der Waals surface area (Å²) in [6.45, 7) is 3.50. The fourth-order valence-electron chi connectivity index (χ4n) is 2.54. The Bertz CT molecular complexity index is 830. The van der Waals surface area contributed by atoms with Crippen molar-refractivity contribution in [1.82, 2.24) is 19.9 Å². The topological polar surface area (TPSA) is 69.0 Å². The molecule has 0 radical (unpaired) electrons. The van der Waals surface area contributed by atoms with E-state index in [4.69, 9.17) is 4.74 Å². The van der Waals surface area contributed by atoms with Crippen LogP contribution in [0.2, 0.25) is 0 Å². The monoisotopic (exact) mass is 336 g/mol. The van der Waals surface area contributed by atoms with Crippen LogP contribution in [-0.2, 0) is 6.54 Å². The van der Waals surface area contributed by atoms with Crippen LogP contribution in [0.25, 0.3) is 11.5 Å². The first-order valence-electron chi connectivity index (χ1n) is 8.22. The van der Waals surface area contributed by atoms with Crippen molar-refractivity contribution in [2.45, 2.75) is 13.5 Å². The second-order valence-corrected chi connectivity index (χ2v) is 5.34. The lowest BCUT2D eigenvalue weighted by Gasteiger charge is -2.11. The summed E-state index contributed by atoms with van der Waals surface area (Å²) in [6.07, 6.45) is 5.35. The van der Waals surface area contributed by atoms with E-state index in [0.29, 0.717) is 31.0 Å². The number of carbonyl (C=O) groups excluding carboxylic acids is 1. The van der Waals surface area contributed by atoms with Crippen LogP contribution in [0, 0.1) is 0 Å². The minimum absolute atomic E-state index is 0.149. The van der Waals surface area contributed by atoms with E-state index in [1.165, 1.54) is 0 Å². The number of rotatable bonds is 7. The van der Waals surface area contributed by atoms with Crippen LogP contribution in [0.15, 0.2) is 61.1 Å². The van der Waals surface area contributed by atoms with Crippen LogP contribution < -0.4 is 10.1 Å². The summed E-state index contributed by atoms with van der Waals surface area (Å²) in [6, 6.07) is 12.9. The van der Waals surface area contributed by atoms with Gasteiger partial charge in [0.05, 0.1) is 12.2 Å². The number of nitrogens with one attached hydrogen (secondary N) is 1. The molecule has 0 aliphatic rings. The van der Waals surface area contributed by atoms with Crippen molar-refractivity contribution in [3.8, 4) is 17.3 Å². The Kier molecular flexibility index (Phi) is 5.41. The first-order chi connectivity index (χ1) is 12.3. The van der Waals surface area contributed by atoms with Crippen molar-refractivity contribution in [3.05, 3.63) is 66.6 Å². The molecule has 1 aromatic carbocycles. The highest BCUT2D eigenvalue weighted by molar-refractivity contribution is 5.96. The maximum absolute atomic E-state index is 12.4. The minimum Gasteiger partial charge on any atom is -0.493 e. The number of hydrogen-bond acceptors (Lipinski definition) is 4. The molecule has 2 heterocycles. The van der Waals surface area contributed by atoms with Crippen LogP contribution in [0.1, 0.15) is 17.3 Å². The molecule has 0 saturated heterocycles. The van der Waals surface area contributed by atoms with E-state index in [1.54, 1.807) is 24.5 Å². The summed E-state index contributed by atoms with van der Waals surface area (Å²) < 4.78 is 7.47. The molecule has 25 heavy (non-hydrogen) atoms. The first kappa shape index (κ1) is 16.7. The molecular formula is C19H20N4O2. The maximum Gasteiger partial charge on any atom is 0.255 e. The van der Waals surface area contributed by atoms with Gasteiger partial charge in [-0.1, -0.05) is 18.2 Å². The Balaban J connectivity index is 1.63. The average Bonchev–Trinajstić information content (AvgIpc) is 3.11. The van der Waals surface area contributed by atoms with Crippen LogP contribution in [0.5, 0.6) is 5.75 Å². The SMILES string of the molecule is CCOc1ccccc1C(=O)NCCn1ccnc1-c1ccccn1. The number of aromatic nitrogens is 3. The fourth-order valence-corrected chi connectivity index (χ4v) is 2.54. The number of amides is 1. The van der Waals surface area contributed by atoms with Gasteiger partial charge in [-0.15, -0.1) is 0 Å². The molecule has 0 fully saturated rings. The zero-order valence-corrected chi connectivity index (χ0v) is 14.1. The van der Waals surface area contributed by atoms with Crippen molar-refractivity contribution >= 4 is 5.91 Å². The highest BCUT2D eigenvalue weighted by Gasteiger charge is 2.12. The van der Waals surface area contributed by atoms with E-state index < -0.39 is 0 Å². The van der Waals surface area contributed by atoms with Gasteiger partial charge in [0.1, 0.15) is 11.4 Å². The molecule has 128 valence electrons. The van der Waals surface area contributed by atoms with Gasteiger partial charge in [0.15, 0.2) is 5.82 Å². The molecule has 3 rings (SSSR count). The molecular weight excluding hydrogens is 316 g/mol. The van der Waals surface area contributed by atoms with Gasteiger partial charge in [-0.3, -0.25) is 9.78 Å². The Morgan fingerprint density at radius 3 is 2.76 bits per heavy atom. The highest BCUT2D eigenvalue weighted by Crippen LogP contribution is 2.18. The van der Waals surface area contributed by atoms with E-state index >= 15 is 0 Å². The lowest BCUT2D eigenvalue weighted by Crippen LogP contribution is -2.27. The fraction of sp³-hybridized carbons (Fsp3) is 0.211. The molecule has 3 aromatic rings. The predicted molar refractivity (Wildman–Crippen MR) is 95.4 cm³/mol. The van der Waals surface area contributed by atoms with E-state index in [2.05, 4.69) is 15.3 Å². The molecule has 0 bridgehead atoms. The molecule has 6 heteroatoms. The molecule has 0 unspecified atom stereocenters. The third-order valence-corrected chi connectivity index (χ3v) is 3.68. The summed E-state index contributed by atoms with van der Waals surface area (Å²) in [7, 11) is 0. The maximum atomic E-state index is 12.4. The molecule has 0 spiro atoms. The van der Waals surface area contributed by atoms with Gasteiger partial charge in [-0.05, 0) is 31.2 Å². The van der Waals surface area contributed by atoms with Gasteiger partial charge in [0, 0.05) is 31.7 Å². The van der Waals surface area contributed by atoms with Gasteiger partial charge in [-0.2, -0.15) is 0 Å². The molecule has 1 amide bonds. The number of para-hydroxylation sites is 1. The highest BCUT2D eigenvalue weighted by atomic mass is 16.5. The van der Waals surface area contributed by atoms with Crippen molar-refractivity contribution < 1.29 is 9.53 Å². The Labute approximate surface area is 146 Å². The van der Waals surface area contributed by atoms with Gasteiger partial charge in [0.2, 0.25) is 0 Å². The smallest absolute Gasteiger partial charge is 0.255 e. The Morgan fingerprint density at radius 2 is 1.96 bits per heavy atom. The predicted octanol–water partition coefficient (Wildman–Crippen LogP) is 2.77. The normalized spacial score (nSPS) is 10.4. The zero-order valence-electron chi connectivity index (χ0n) is 14.1. The second-order valence-electron chi connectivity index (χ2n) is 5.34. The number of pyridine rings is 1. The van der Waals surface area contributed by atoms with Crippen LogP contribution in [-0.4, -0.2) is 33.6 Å². The standard InChI is InChI=1S/C19H20N4O2/c1-2-25-17-9-4-3-7-15(17)19(24)22-12-14-23-13-11-21-18(23)16-8-5-6-10-20-16/h3-11,13H,2,12,14H2,1H3,(H,22,24). The van der Waals surface area contributed by atoms with Gasteiger partial charge < -0.3 is 14.6 Å². The lowest BCUT2D eigenvalue weighted by atomic mass is 10.2. The Morgan fingerprint density at radius 1 is 1.12 bits per heavy atom. The van der Waals surface area contributed by atoms with Crippen molar-refractivity contribution in [2.75, 3.05) is 13.2 Å². The Hall–Kier alpha value is -3.15. The lowest BCUT2D eigenvalue weighted by molar-refractivity contribution is 0.0948. The minimum atomic E-state index is -0.149. The van der Waals surface area contributed by atoms with Gasteiger partial charge in [0.25, 0.3) is 5.91 Å². The summed E-state index contributed by atoms with van der Waals surface area (Å²) in [5.41, 5.74) is 1.35. The van der Waals surface area contributed by atoms with Crippen LogP contribution >= 0.6 is 0 Å². The average molecular weight is 336 g/mol. The number of carbonyl (C=O) groups is 1. The van der Waals surface area contributed by atoms with Crippen LogP contribution in [0.3, 0.4) is 0 Å². The van der Waals surface area contributed by atoms with Gasteiger partial charge in [-0.25, -0.2) is 4.98 Å². The number of nitrogens with zero attached hydrogens (tertiary/aromatic N) is 3. The van der Waals surface area contributed by atoms with E-state index in [1.807, 2.05) is 48.0 Å². The van der Waals surface area contributed by atoms with Crippen molar-refractivity contribution in [2.24, 2.45) is 0 Å². The van der Waals surface area contributed by atoms with Crippen LogP contribution in [0.4, 0.5) is 0 Å². The summed E-state index contributed by atoms with van der Waals surface area (Å²) in [4.78, 5) is 21.1. The van der Waals surface area contributed by atoms with E-state index in [-0.39, 0.29) is 5.91 Å². The second kappa shape index (κ2) is 8.10. The van der Waals surface area contributed by atoms with Crippen molar-refractivity contribution in [1.29, 1.82) is 0 Å². The summed E-state index contributed by atoms with van der Waals surface area (Å²) >= 11 is 0. The molecule has 0 atom stereocenters. The third-order valence-electron chi connectivity index (χ3n) is 3.68. The molecule has 0 aliphatic carbocycles. The number of ether oxygens (including phenoxy) is 1. The summed E-state index contributed by atoms with van der Waals surface area (Å²) in [5.74, 6) is 1.23. The number of imidazole rings is 1. The van der Waals surface area contributed by atoms with Crippen molar-refractivity contribution in [3.63, 3.8) is 0 Å². The van der Waals surface area contributed by atoms with E-state index in [9.17, 15) is 4.79 Å². The number of benzene rings is 1. The molecule has 0 saturated carbocycles. The molecule has 6 nitrogen and oxygen atoms in total. The molecule has 0 aliphatic heterocycles. The third kappa shape index (κ3) is 4.03. The summed E-state index contributed by atoms with van der Waals surface area (Å²) in [5, 5.41) is 2.93. The van der Waals surface area contributed by atoms with E-state index in [0.717, 1.165) is 11.5 Å². The van der Waals surface area contributed by atoms with Gasteiger partial charge >= 0.3 is 0 Å². The zero-order chi connectivity index (χ0) is 17.5. The quantitative estimate of drug-likeness (QED) is 0.720. The first-order valence-corrected chi connectivity index (χ1v) is 8.22. The molecule has 1 N–H and O–H groups in total. The number of hydrogen-bond donors (Lipinski definition) is 1. The largest absolute Gasteiger partial charge is 0.493 e.